The maximum absolute atomic E-state index is 11.8. The number of alkyl halides is 3. The summed E-state index contributed by atoms with van der Waals surface area (Å²) in [6, 6.07) is 0. The van der Waals surface area contributed by atoms with Gasteiger partial charge in [-0.1, -0.05) is 11.6 Å². The lowest BCUT2D eigenvalue weighted by molar-refractivity contribution is -0.0327. The first kappa shape index (κ1) is 15.6. The zero-order valence-corrected chi connectivity index (χ0v) is 11.4. The van der Waals surface area contributed by atoms with Crippen LogP contribution in [-0.4, -0.2) is 35.8 Å². The van der Waals surface area contributed by atoms with Crippen LogP contribution in [0.15, 0.2) is 11.4 Å². The molecule has 0 saturated carbocycles. The highest BCUT2D eigenvalue weighted by Gasteiger charge is 2.28. The number of hydrogen-bond donors (Lipinski definition) is 1. The number of nitrogens with one attached hydrogen (secondary N) is 1. The summed E-state index contributed by atoms with van der Waals surface area (Å²) >= 11 is 5.37. The van der Waals surface area contributed by atoms with Gasteiger partial charge in [-0.15, -0.1) is 0 Å². The SMILES string of the molecule is Cn1cnc(S(=O)(=O)NCCSC(F)(F)F)c1Cl. The Hall–Kier alpha value is -0.450. The van der Waals surface area contributed by atoms with Gasteiger partial charge in [-0.3, -0.25) is 0 Å². The van der Waals surface area contributed by atoms with E-state index in [4.69, 9.17) is 11.6 Å². The van der Waals surface area contributed by atoms with Crippen molar-refractivity contribution in [2.24, 2.45) is 7.05 Å². The molecule has 1 aromatic rings. The number of aromatic nitrogens is 2. The molecule has 1 heterocycles. The van der Waals surface area contributed by atoms with Gasteiger partial charge in [0.1, 0.15) is 5.15 Å². The molecule has 11 heteroatoms. The van der Waals surface area contributed by atoms with Crippen molar-refractivity contribution >= 4 is 33.4 Å². The molecule has 1 rings (SSSR count). The van der Waals surface area contributed by atoms with Crippen molar-refractivity contribution in [1.29, 1.82) is 0 Å². The minimum atomic E-state index is -4.38. The van der Waals surface area contributed by atoms with Crippen LogP contribution in [0, 0.1) is 0 Å². The topological polar surface area (TPSA) is 64.0 Å². The van der Waals surface area contributed by atoms with Crippen molar-refractivity contribution < 1.29 is 21.6 Å². The highest BCUT2D eigenvalue weighted by molar-refractivity contribution is 8.00. The molecular formula is C7H9ClF3N3O2S2. The highest BCUT2D eigenvalue weighted by Crippen LogP contribution is 2.29. The third-order valence-electron chi connectivity index (χ3n) is 1.75. The lowest BCUT2D eigenvalue weighted by Gasteiger charge is -2.06. The van der Waals surface area contributed by atoms with Crippen molar-refractivity contribution in [2.45, 2.75) is 10.5 Å². The number of thioether (sulfide) groups is 1. The molecule has 0 amide bonds. The van der Waals surface area contributed by atoms with Crippen LogP contribution in [0.25, 0.3) is 0 Å². The van der Waals surface area contributed by atoms with Crippen molar-refractivity contribution in [3.05, 3.63) is 11.5 Å². The van der Waals surface area contributed by atoms with E-state index >= 15 is 0 Å². The van der Waals surface area contributed by atoms with Crippen LogP contribution in [0.2, 0.25) is 5.15 Å². The summed E-state index contributed by atoms with van der Waals surface area (Å²) < 4.78 is 62.0. The van der Waals surface area contributed by atoms with Gasteiger partial charge in [0.25, 0.3) is 10.0 Å². The number of sulfonamides is 1. The van der Waals surface area contributed by atoms with Gasteiger partial charge in [0.15, 0.2) is 0 Å². The first-order valence-corrected chi connectivity index (χ1v) is 7.35. The molecule has 0 aromatic carbocycles. The number of rotatable bonds is 5. The van der Waals surface area contributed by atoms with Crippen LogP contribution in [-0.2, 0) is 17.1 Å². The molecule has 0 atom stereocenters. The van der Waals surface area contributed by atoms with E-state index in [1.54, 1.807) is 0 Å². The fraction of sp³-hybridized carbons (Fsp3) is 0.571. The Kier molecular flexibility index (Phi) is 4.92. The van der Waals surface area contributed by atoms with Gasteiger partial charge in [0.2, 0.25) is 5.03 Å². The second-order valence-corrected chi connectivity index (χ2v) is 6.34. The minimum absolute atomic E-state index is 0.106. The lowest BCUT2D eigenvalue weighted by atomic mass is 10.8. The van der Waals surface area contributed by atoms with Crippen molar-refractivity contribution in [3.63, 3.8) is 0 Å². The second-order valence-electron chi connectivity index (χ2n) is 3.14. The van der Waals surface area contributed by atoms with Crippen LogP contribution < -0.4 is 4.72 Å². The molecule has 1 N–H and O–H groups in total. The quantitative estimate of drug-likeness (QED) is 0.836. The van der Waals surface area contributed by atoms with Crippen LogP contribution in [0.3, 0.4) is 0 Å². The normalized spacial score (nSPS) is 12.9. The Balaban J connectivity index is 2.59. The molecule has 0 aliphatic heterocycles. The van der Waals surface area contributed by atoms with Crippen molar-refractivity contribution in [2.75, 3.05) is 12.3 Å². The van der Waals surface area contributed by atoms with Gasteiger partial charge in [-0.05, 0) is 11.8 Å². The average molecular weight is 324 g/mol. The van der Waals surface area contributed by atoms with Gasteiger partial charge in [-0.2, -0.15) is 13.2 Å². The predicted octanol–water partition coefficient (Wildman–Crippen LogP) is 1.60. The Morgan fingerprint density at radius 1 is 1.56 bits per heavy atom. The minimum Gasteiger partial charge on any atom is -0.324 e. The molecule has 0 radical (unpaired) electrons. The van der Waals surface area contributed by atoms with E-state index in [0.717, 1.165) is 0 Å². The number of aryl methyl sites for hydroxylation is 1. The smallest absolute Gasteiger partial charge is 0.324 e. The summed E-state index contributed by atoms with van der Waals surface area (Å²) in [5.41, 5.74) is -4.38. The second kappa shape index (κ2) is 5.68. The maximum atomic E-state index is 11.8. The van der Waals surface area contributed by atoms with E-state index in [1.807, 2.05) is 4.72 Å². The number of nitrogens with zero attached hydrogens (tertiary/aromatic N) is 2. The molecule has 0 bridgehead atoms. The number of halogens is 4. The lowest BCUT2D eigenvalue weighted by Crippen LogP contribution is -2.27. The van der Waals surface area contributed by atoms with Crippen LogP contribution >= 0.6 is 23.4 Å². The van der Waals surface area contributed by atoms with E-state index < -0.39 is 26.3 Å². The van der Waals surface area contributed by atoms with Gasteiger partial charge in [0, 0.05) is 19.3 Å². The van der Waals surface area contributed by atoms with Gasteiger partial charge in [-0.25, -0.2) is 18.1 Å². The predicted molar refractivity (Wildman–Crippen MR) is 61.9 cm³/mol. The molecule has 1 aromatic heterocycles. The number of hydrogen-bond acceptors (Lipinski definition) is 4. The molecule has 18 heavy (non-hydrogen) atoms. The first-order chi connectivity index (χ1) is 8.13. The molecule has 0 unspecified atom stereocenters. The van der Waals surface area contributed by atoms with E-state index in [2.05, 4.69) is 4.98 Å². The molecule has 0 aliphatic carbocycles. The number of imidazole rings is 1. The molecule has 0 saturated heterocycles. The summed E-state index contributed by atoms with van der Waals surface area (Å²) in [5, 5.41) is -0.505. The van der Waals surface area contributed by atoms with E-state index in [9.17, 15) is 21.6 Å². The van der Waals surface area contributed by atoms with Crippen LogP contribution in [0.1, 0.15) is 0 Å². The van der Waals surface area contributed by atoms with Crippen molar-refractivity contribution in [1.82, 2.24) is 14.3 Å². The zero-order valence-electron chi connectivity index (χ0n) is 9.03. The summed E-state index contributed by atoms with van der Waals surface area (Å²) in [4.78, 5) is 3.57. The summed E-state index contributed by atoms with van der Waals surface area (Å²) in [7, 11) is -2.49. The van der Waals surface area contributed by atoms with Gasteiger partial charge < -0.3 is 4.57 Å². The van der Waals surface area contributed by atoms with Crippen LogP contribution in [0.4, 0.5) is 13.2 Å². The van der Waals surface area contributed by atoms with E-state index in [0.29, 0.717) is 0 Å². The first-order valence-electron chi connectivity index (χ1n) is 4.50. The molecule has 0 spiro atoms. The highest BCUT2D eigenvalue weighted by atomic mass is 35.5. The van der Waals surface area contributed by atoms with Crippen molar-refractivity contribution in [3.8, 4) is 0 Å². The monoisotopic (exact) mass is 323 g/mol. The largest absolute Gasteiger partial charge is 0.441 e. The summed E-state index contributed by atoms with van der Waals surface area (Å²) in [6.45, 7) is -0.362. The Morgan fingerprint density at radius 2 is 2.17 bits per heavy atom. The Labute approximate surface area is 111 Å². The Bertz CT molecular complexity index is 514. The third kappa shape index (κ3) is 4.34. The fourth-order valence-corrected chi connectivity index (χ4v) is 3.01. The molecular weight excluding hydrogens is 315 g/mol. The van der Waals surface area contributed by atoms with Gasteiger partial charge in [0.05, 0.1) is 6.33 Å². The standard InChI is InChI=1S/C7H9ClF3N3O2S2/c1-14-4-12-6(5(14)8)18(15,16)13-2-3-17-7(9,10)11/h4,13H,2-3H2,1H3. The third-order valence-corrected chi connectivity index (χ3v) is 4.43. The fourth-order valence-electron chi connectivity index (χ4n) is 0.985. The van der Waals surface area contributed by atoms with Gasteiger partial charge >= 0.3 is 5.51 Å². The van der Waals surface area contributed by atoms with E-state index in [1.165, 1.54) is 17.9 Å². The van der Waals surface area contributed by atoms with Crippen LogP contribution in [0.5, 0.6) is 0 Å². The molecule has 0 aliphatic rings. The maximum Gasteiger partial charge on any atom is 0.441 e. The average Bonchev–Trinajstić information content (AvgIpc) is 2.54. The summed E-state index contributed by atoms with van der Waals surface area (Å²) in [5.74, 6) is -0.423. The molecule has 104 valence electrons. The molecule has 0 fully saturated rings. The van der Waals surface area contributed by atoms with E-state index in [-0.39, 0.29) is 23.5 Å². The molecule has 5 nitrogen and oxygen atoms in total. The summed E-state index contributed by atoms with van der Waals surface area (Å²) in [6.07, 6.45) is 1.20. The Morgan fingerprint density at radius 3 is 2.61 bits per heavy atom. The zero-order chi connectivity index (χ0) is 14.0.